The van der Waals surface area contributed by atoms with E-state index in [0.717, 1.165) is 47.1 Å². The number of aromatic hydroxyl groups is 1. The molecule has 1 aromatic heterocycles. The van der Waals surface area contributed by atoms with E-state index < -0.39 is 6.04 Å². The van der Waals surface area contributed by atoms with Crippen LogP contribution in [0.15, 0.2) is 48.5 Å². The van der Waals surface area contributed by atoms with Crippen molar-refractivity contribution in [3.05, 3.63) is 82.0 Å². The molecule has 1 aliphatic rings. The van der Waals surface area contributed by atoms with Crippen molar-refractivity contribution < 1.29 is 28.8 Å². The van der Waals surface area contributed by atoms with E-state index in [-0.39, 0.29) is 11.7 Å². The molecule has 2 N–H and O–H groups in total. The average Bonchev–Trinajstić information content (AvgIpc) is 3.58. The largest absolute Gasteiger partial charge is 0.507 e. The van der Waals surface area contributed by atoms with Crippen LogP contribution < -0.4 is 18.9 Å². The van der Waals surface area contributed by atoms with Crippen molar-refractivity contribution in [1.29, 1.82) is 0 Å². The van der Waals surface area contributed by atoms with Crippen LogP contribution >= 0.6 is 0 Å². The highest BCUT2D eigenvalue weighted by molar-refractivity contribution is 6.00. The van der Waals surface area contributed by atoms with E-state index in [4.69, 9.17) is 18.9 Å². The van der Waals surface area contributed by atoms with Gasteiger partial charge in [0, 0.05) is 17.7 Å². The van der Waals surface area contributed by atoms with Crippen molar-refractivity contribution in [2.75, 3.05) is 34.5 Å². The number of hydrogen-bond donors (Lipinski definition) is 2. The second-order valence-corrected chi connectivity index (χ2v) is 11.1. The zero-order valence-corrected chi connectivity index (χ0v) is 26.3. The van der Waals surface area contributed by atoms with Crippen molar-refractivity contribution in [2.24, 2.45) is 0 Å². The van der Waals surface area contributed by atoms with E-state index >= 15 is 0 Å². The molecule has 0 aliphatic carbocycles. The normalized spacial score (nSPS) is 14.1. The molecule has 5 rings (SSSR count). The lowest BCUT2D eigenvalue weighted by Gasteiger charge is -2.27. The number of carbonyl (C=O) groups is 1. The van der Waals surface area contributed by atoms with Gasteiger partial charge in [-0.05, 0) is 79.3 Å². The number of carbonyl (C=O) groups excluding carboxylic acids is 1. The third-order valence-corrected chi connectivity index (χ3v) is 8.16. The van der Waals surface area contributed by atoms with Crippen LogP contribution in [0, 0.1) is 13.8 Å². The van der Waals surface area contributed by atoms with Gasteiger partial charge in [0.1, 0.15) is 17.1 Å². The number of methoxy groups -OCH3 is 3. The molecule has 1 amide bonds. The summed E-state index contributed by atoms with van der Waals surface area (Å²) in [6.07, 6.45) is 3.75. The second kappa shape index (κ2) is 13.3. The minimum atomic E-state index is -0.477. The summed E-state index contributed by atoms with van der Waals surface area (Å²) >= 11 is 0. The molecule has 2 heterocycles. The molecule has 232 valence electrons. The fraction of sp³-hybridized carbons (Fsp3) is 0.371. The quantitative estimate of drug-likeness (QED) is 0.163. The molecule has 1 atom stereocenters. The van der Waals surface area contributed by atoms with E-state index in [1.165, 1.54) is 0 Å². The predicted molar refractivity (Wildman–Crippen MR) is 169 cm³/mol. The van der Waals surface area contributed by atoms with Gasteiger partial charge in [-0.3, -0.25) is 9.89 Å². The van der Waals surface area contributed by atoms with Crippen LogP contribution in [0.4, 0.5) is 0 Å². The van der Waals surface area contributed by atoms with Crippen molar-refractivity contribution in [3.8, 4) is 40.0 Å². The molecule has 1 aliphatic heterocycles. The zero-order chi connectivity index (χ0) is 31.4. The Morgan fingerprint density at radius 1 is 0.909 bits per heavy atom. The molecule has 9 heteroatoms. The highest BCUT2D eigenvalue weighted by atomic mass is 16.5. The number of benzene rings is 3. The van der Waals surface area contributed by atoms with E-state index in [9.17, 15) is 9.90 Å². The first-order chi connectivity index (χ1) is 21.3. The van der Waals surface area contributed by atoms with Gasteiger partial charge < -0.3 is 29.0 Å². The first kappa shape index (κ1) is 30.8. The van der Waals surface area contributed by atoms with Crippen LogP contribution in [0.2, 0.25) is 0 Å². The van der Waals surface area contributed by atoms with E-state index in [0.29, 0.717) is 59.5 Å². The Bertz CT molecular complexity index is 1650. The molecular weight excluding hydrogens is 558 g/mol. The number of aromatic amines is 1. The van der Waals surface area contributed by atoms with E-state index in [1.54, 1.807) is 21.3 Å². The van der Waals surface area contributed by atoms with Crippen LogP contribution in [0.5, 0.6) is 28.7 Å². The molecular formula is C35H41N3O6. The number of fused-ring (bicyclic) bond motifs is 1. The van der Waals surface area contributed by atoms with Gasteiger partial charge >= 0.3 is 0 Å². The number of H-pyrrole nitrogens is 1. The Morgan fingerprint density at radius 2 is 1.64 bits per heavy atom. The van der Waals surface area contributed by atoms with Crippen LogP contribution in [0.1, 0.15) is 70.5 Å². The van der Waals surface area contributed by atoms with Gasteiger partial charge in [0.2, 0.25) is 0 Å². The van der Waals surface area contributed by atoms with Crippen LogP contribution in [-0.2, 0) is 6.42 Å². The monoisotopic (exact) mass is 599 g/mol. The Labute approximate surface area is 258 Å². The molecule has 0 saturated carbocycles. The summed E-state index contributed by atoms with van der Waals surface area (Å²) in [7, 11) is 4.83. The first-order valence-electron chi connectivity index (χ1n) is 15.0. The second-order valence-electron chi connectivity index (χ2n) is 11.1. The maximum Gasteiger partial charge on any atom is 0.273 e. The SMILES string of the molecule is CCCCCOc1ccc(C2c3c(-c4cc(C)cc(C)c4O)n[nH]c3C(=O)N2CCc2ccc(OC)c(OC)c2)cc1OC. The first-order valence-corrected chi connectivity index (χ1v) is 15.0. The molecule has 0 spiro atoms. The van der Waals surface area contributed by atoms with Crippen molar-refractivity contribution >= 4 is 5.91 Å². The number of hydrogen-bond acceptors (Lipinski definition) is 7. The van der Waals surface area contributed by atoms with Gasteiger partial charge in [-0.1, -0.05) is 38.0 Å². The van der Waals surface area contributed by atoms with Crippen LogP contribution in [-0.4, -0.2) is 60.6 Å². The third-order valence-electron chi connectivity index (χ3n) is 8.16. The van der Waals surface area contributed by atoms with Gasteiger partial charge in [0.15, 0.2) is 23.0 Å². The van der Waals surface area contributed by atoms with Crippen molar-refractivity contribution in [2.45, 2.75) is 52.5 Å². The fourth-order valence-corrected chi connectivity index (χ4v) is 5.91. The summed E-state index contributed by atoms with van der Waals surface area (Å²) in [4.78, 5) is 15.9. The molecule has 0 saturated heterocycles. The van der Waals surface area contributed by atoms with Gasteiger partial charge in [-0.2, -0.15) is 5.10 Å². The maximum atomic E-state index is 14.0. The number of aryl methyl sites for hydroxylation is 2. The fourth-order valence-electron chi connectivity index (χ4n) is 5.91. The molecule has 1 unspecified atom stereocenters. The van der Waals surface area contributed by atoms with Gasteiger partial charge in [0.25, 0.3) is 5.91 Å². The molecule has 4 aromatic rings. The van der Waals surface area contributed by atoms with Gasteiger partial charge in [0.05, 0.1) is 34.0 Å². The minimum absolute atomic E-state index is 0.147. The van der Waals surface area contributed by atoms with Crippen molar-refractivity contribution in [3.63, 3.8) is 0 Å². The maximum absolute atomic E-state index is 14.0. The standard InChI is InChI=1S/C35H41N3O6/c1-7-8-9-16-44-27-13-11-24(20-29(27)43-6)33-30-31(25-18-21(2)17-22(3)34(25)39)36-37-32(30)35(40)38(33)15-14-23-10-12-26(41-4)28(19-23)42-5/h10-13,17-20,33,39H,7-9,14-16H2,1-6H3,(H,36,37). The topological polar surface area (TPSA) is 106 Å². The Balaban J connectivity index is 1.56. The number of nitrogens with zero attached hydrogens (tertiary/aromatic N) is 2. The number of phenolic OH excluding ortho intramolecular Hbond substituents is 1. The summed E-state index contributed by atoms with van der Waals surface area (Å²) in [5.74, 6) is 2.53. The predicted octanol–water partition coefficient (Wildman–Crippen LogP) is 6.78. The lowest BCUT2D eigenvalue weighted by atomic mass is 9.93. The Kier molecular flexibility index (Phi) is 9.32. The van der Waals surface area contributed by atoms with Crippen LogP contribution in [0.3, 0.4) is 0 Å². The highest BCUT2D eigenvalue weighted by Gasteiger charge is 2.42. The summed E-state index contributed by atoms with van der Waals surface area (Å²) < 4.78 is 22.7. The number of amides is 1. The van der Waals surface area contributed by atoms with E-state index in [1.807, 2.05) is 67.3 Å². The smallest absolute Gasteiger partial charge is 0.273 e. The third kappa shape index (κ3) is 5.91. The summed E-state index contributed by atoms with van der Waals surface area (Å²) in [5, 5.41) is 18.7. The Morgan fingerprint density at radius 3 is 2.36 bits per heavy atom. The number of ether oxygens (including phenoxy) is 4. The Hall–Kier alpha value is -4.66. The molecule has 3 aromatic carbocycles. The number of nitrogens with one attached hydrogen (secondary N) is 1. The number of aromatic nitrogens is 2. The number of unbranched alkanes of at least 4 members (excludes halogenated alkanes) is 2. The molecule has 0 radical (unpaired) electrons. The van der Waals surface area contributed by atoms with Crippen LogP contribution in [0.25, 0.3) is 11.3 Å². The van der Waals surface area contributed by atoms with Gasteiger partial charge in [-0.25, -0.2) is 0 Å². The lowest BCUT2D eigenvalue weighted by molar-refractivity contribution is 0.0745. The molecule has 0 bridgehead atoms. The number of phenols is 1. The molecule has 9 nitrogen and oxygen atoms in total. The summed E-state index contributed by atoms with van der Waals surface area (Å²) in [5.41, 5.74) is 5.87. The molecule has 44 heavy (non-hydrogen) atoms. The summed E-state index contributed by atoms with van der Waals surface area (Å²) in [6, 6.07) is 14.9. The van der Waals surface area contributed by atoms with Crippen molar-refractivity contribution in [1.82, 2.24) is 15.1 Å². The van der Waals surface area contributed by atoms with E-state index in [2.05, 4.69) is 17.1 Å². The number of rotatable bonds is 13. The minimum Gasteiger partial charge on any atom is -0.507 e. The zero-order valence-electron chi connectivity index (χ0n) is 26.3. The highest BCUT2D eigenvalue weighted by Crippen LogP contribution is 2.46. The average molecular weight is 600 g/mol. The van der Waals surface area contributed by atoms with Gasteiger partial charge in [-0.15, -0.1) is 0 Å². The molecule has 0 fully saturated rings. The lowest BCUT2D eigenvalue weighted by Crippen LogP contribution is -2.31. The summed E-state index contributed by atoms with van der Waals surface area (Å²) in [6.45, 7) is 7.03.